The van der Waals surface area contributed by atoms with Crippen molar-refractivity contribution < 1.29 is 32.7 Å². The first kappa shape index (κ1) is 25.5. The Bertz CT molecular complexity index is 1820. The van der Waals surface area contributed by atoms with Crippen molar-refractivity contribution in [3.8, 4) is 0 Å². The molecule has 9 nitrogen and oxygen atoms in total. The number of carbonyl (C=O) groups is 3. The van der Waals surface area contributed by atoms with E-state index in [1.165, 1.54) is 21.9 Å². The SMILES string of the molecule is O=C1CC(=O)C(c2cnc3ccccn23)=C1c1cn2c3c(cc(F)cc13)CN(C(=O)N1CCC(F)(F)C(O)C1)CC2. The Labute approximate surface area is 231 Å². The van der Waals surface area contributed by atoms with Crippen molar-refractivity contribution in [2.24, 2.45) is 0 Å². The highest BCUT2D eigenvalue weighted by Crippen LogP contribution is 2.41. The Morgan fingerprint density at radius 3 is 2.66 bits per heavy atom. The number of piperidine rings is 1. The monoisotopic (exact) mass is 563 g/mol. The molecule has 1 fully saturated rings. The lowest BCUT2D eigenvalue weighted by atomic mass is 9.98. The van der Waals surface area contributed by atoms with Crippen LogP contribution >= 0.6 is 0 Å². The first-order valence-electron chi connectivity index (χ1n) is 13.3. The summed E-state index contributed by atoms with van der Waals surface area (Å²) in [7, 11) is 0. The zero-order chi connectivity index (χ0) is 28.6. The van der Waals surface area contributed by atoms with Crippen molar-refractivity contribution in [3.63, 3.8) is 0 Å². The van der Waals surface area contributed by atoms with Crippen LogP contribution in [0.15, 0.2) is 48.9 Å². The predicted molar refractivity (Wildman–Crippen MR) is 141 cm³/mol. The largest absolute Gasteiger partial charge is 0.385 e. The number of ketones is 2. The highest BCUT2D eigenvalue weighted by molar-refractivity contribution is 6.51. The molecule has 1 unspecified atom stereocenters. The number of fused-ring (bicyclic) bond motifs is 1. The minimum atomic E-state index is -3.26. The van der Waals surface area contributed by atoms with E-state index in [9.17, 15) is 28.3 Å². The van der Waals surface area contributed by atoms with Gasteiger partial charge in [-0.1, -0.05) is 6.07 Å². The number of halogens is 3. The molecule has 2 aliphatic heterocycles. The summed E-state index contributed by atoms with van der Waals surface area (Å²) in [5, 5.41) is 10.3. The summed E-state index contributed by atoms with van der Waals surface area (Å²) in [6.07, 6.45) is 2.12. The highest BCUT2D eigenvalue weighted by Gasteiger charge is 2.45. The summed E-state index contributed by atoms with van der Waals surface area (Å²) < 4.78 is 46.2. The normalized spacial score (nSPS) is 20.9. The van der Waals surface area contributed by atoms with E-state index in [4.69, 9.17) is 0 Å². The van der Waals surface area contributed by atoms with E-state index in [2.05, 4.69) is 4.98 Å². The van der Waals surface area contributed by atoms with Crippen molar-refractivity contribution in [3.05, 3.63) is 71.6 Å². The van der Waals surface area contributed by atoms with Gasteiger partial charge in [0.25, 0.3) is 5.92 Å². The van der Waals surface area contributed by atoms with E-state index in [0.717, 1.165) is 0 Å². The van der Waals surface area contributed by atoms with E-state index in [-0.39, 0.29) is 55.3 Å². The van der Waals surface area contributed by atoms with Crippen LogP contribution in [0.1, 0.15) is 29.7 Å². The second-order valence-corrected chi connectivity index (χ2v) is 10.7. The number of carbonyl (C=O) groups excluding carboxylic acids is 3. The van der Waals surface area contributed by atoms with Crippen molar-refractivity contribution in [1.29, 1.82) is 0 Å². The number of aromatic nitrogens is 3. The van der Waals surface area contributed by atoms with Crippen LogP contribution in [0.25, 0.3) is 27.7 Å². The summed E-state index contributed by atoms with van der Waals surface area (Å²) in [4.78, 5) is 46.7. The van der Waals surface area contributed by atoms with Crippen LogP contribution in [0.3, 0.4) is 0 Å². The number of hydrogen-bond donors (Lipinski definition) is 1. The fourth-order valence-corrected chi connectivity index (χ4v) is 6.20. The number of benzene rings is 1. The van der Waals surface area contributed by atoms with Gasteiger partial charge in [0.2, 0.25) is 0 Å². The van der Waals surface area contributed by atoms with Gasteiger partial charge in [0.05, 0.1) is 35.9 Å². The number of imidazole rings is 1. The summed E-state index contributed by atoms with van der Waals surface area (Å²) in [6.45, 7) is -0.217. The molecule has 0 bridgehead atoms. The Balaban J connectivity index is 1.31. The Hall–Kier alpha value is -4.45. The molecule has 4 aromatic rings. The Morgan fingerprint density at radius 1 is 1.05 bits per heavy atom. The number of pyridine rings is 1. The van der Waals surface area contributed by atoms with Gasteiger partial charge >= 0.3 is 6.03 Å². The molecule has 2 amide bonds. The molecule has 0 radical (unpaired) electrons. The lowest BCUT2D eigenvalue weighted by Crippen LogP contribution is -2.55. The predicted octanol–water partition coefficient (Wildman–Crippen LogP) is 3.52. The fraction of sp³-hybridized carbons (Fsp3) is 0.310. The molecule has 3 aliphatic rings. The van der Waals surface area contributed by atoms with Gasteiger partial charge in [-0.3, -0.25) is 14.0 Å². The number of hydrogen-bond acceptors (Lipinski definition) is 5. The summed E-state index contributed by atoms with van der Waals surface area (Å²) >= 11 is 0. The van der Waals surface area contributed by atoms with Crippen LogP contribution in [0.2, 0.25) is 0 Å². The lowest BCUT2D eigenvalue weighted by molar-refractivity contribution is -0.141. The minimum Gasteiger partial charge on any atom is -0.385 e. The molecule has 7 rings (SSSR count). The number of amides is 2. The van der Waals surface area contributed by atoms with Gasteiger partial charge in [-0.05, 0) is 29.8 Å². The topological polar surface area (TPSA) is 100 Å². The lowest BCUT2D eigenvalue weighted by Gasteiger charge is -2.38. The van der Waals surface area contributed by atoms with Crippen LogP contribution in [0.4, 0.5) is 18.0 Å². The molecule has 1 atom stereocenters. The number of urea groups is 1. The summed E-state index contributed by atoms with van der Waals surface area (Å²) in [6, 6.07) is 7.51. The number of β-amino-alcohol motifs (C(OH)–C–C–N with tert-alkyl or cyclic N) is 1. The third-order valence-corrected chi connectivity index (χ3v) is 8.20. The van der Waals surface area contributed by atoms with Crippen LogP contribution in [-0.2, 0) is 22.7 Å². The molecule has 5 heterocycles. The highest BCUT2D eigenvalue weighted by atomic mass is 19.3. The Kier molecular flexibility index (Phi) is 5.62. The molecule has 0 spiro atoms. The van der Waals surface area contributed by atoms with Crippen molar-refractivity contribution >= 4 is 45.3 Å². The minimum absolute atomic E-state index is 0.00553. The maximum Gasteiger partial charge on any atom is 0.320 e. The molecule has 210 valence electrons. The number of nitrogens with zero attached hydrogens (tertiary/aromatic N) is 5. The zero-order valence-corrected chi connectivity index (χ0v) is 21.7. The number of likely N-dealkylation sites (tertiary alicyclic amines) is 1. The van der Waals surface area contributed by atoms with Crippen LogP contribution in [-0.4, -0.2) is 78.1 Å². The number of allylic oxidation sites excluding steroid dienone is 2. The molecule has 1 N–H and O–H groups in total. The third-order valence-electron chi connectivity index (χ3n) is 8.20. The fourth-order valence-electron chi connectivity index (χ4n) is 6.20. The molecular weight excluding hydrogens is 539 g/mol. The zero-order valence-electron chi connectivity index (χ0n) is 21.7. The van der Waals surface area contributed by atoms with E-state index >= 15 is 4.39 Å². The first-order valence-corrected chi connectivity index (χ1v) is 13.3. The molecule has 1 saturated heterocycles. The molecule has 41 heavy (non-hydrogen) atoms. The van der Waals surface area contributed by atoms with Crippen molar-refractivity contribution in [2.75, 3.05) is 19.6 Å². The number of alkyl halides is 2. The second kappa shape index (κ2) is 9.03. The quantitative estimate of drug-likeness (QED) is 0.377. The maximum atomic E-state index is 15.1. The molecule has 1 aromatic carbocycles. The van der Waals surface area contributed by atoms with E-state index < -0.39 is 36.8 Å². The van der Waals surface area contributed by atoms with Gasteiger partial charge in [0.1, 0.15) is 17.6 Å². The first-order chi connectivity index (χ1) is 19.6. The third kappa shape index (κ3) is 3.96. The molecule has 12 heteroatoms. The molecule has 1 aliphatic carbocycles. The van der Waals surface area contributed by atoms with Gasteiger partial charge in [-0.25, -0.2) is 22.9 Å². The summed E-state index contributed by atoms with van der Waals surface area (Å²) in [5.41, 5.74) is 3.06. The Morgan fingerprint density at radius 2 is 1.85 bits per heavy atom. The van der Waals surface area contributed by atoms with Crippen LogP contribution < -0.4 is 0 Å². The van der Waals surface area contributed by atoms with E-state index in [1.54, 1.807) is 35.1 Å². The van der Waals surface area contributed by atoms with Gasteiger partial charge in [-0.2, -0.15) is 0 Å². The molecule has 3 aromatic heterocycles. The van der Waals surface area contributed by atoms with Gasteiger partial charge < -0.3 is 19.5 Å². The standard InChI is InChI=1S/C29H24F3N5O4/c30-17-9-16-13-36(28(41)35-6-4-29(31,32)23(40)15-35)8-7-34-14-19(18(10-17)27(16)34)25-21(38)11-22(39)26(25)20-12-33-24-3-1-2-5-37(20)24/h1-3,5,9-10,12,14,23,40H,4,6-8,11,13,15H2. The van der Waals surface area contributed by atoms with Crippen LogP contribution in [0, 0.1) is 5.82 Å². The molecular formula is C29H24F3N5O4. The van der Waals surface area contributed by atoms with Crippen LogP contribution in [0.5, 0.6) is 0 Å². The van der Waals surface area contributed by atoms with Gasteiger partial charge in [0.15, 0.2) is 11.6 Å². The average molecular weight is 564 g/mol. The van der Waals surface area contributed by atoms with Gasteiger partial charge in [0, 0.05) is 61.5 Å². The maximum absolute atomic E-state index is 15.1. The van der Waals surface area contributed by atoms with Gasteiger partial charge in [-0.15, -0.1) is 0 Å². The van der Waals surface area contributed by atoms with Crippen molar-refractivity contribution in [2.45, 2.75) is 38.0 Å². The average Bonchev–Trinajstić information content (AvgIpc) is 3.55. The second-order valence-electron chi connectivity index (χ2n) is 10.7. The van der Waals surface area contributed by atoms with E-state index in [0.29, 0.717) is 33.4 Å². The molecule has 0 saturated carbocycles. The number of aliphatic hydroxyl groups is 1. The smallest absolute Gasteiger partial charge is 0.320 e. The number of aliphatic hydroxyl groups excluding tert-OH is 1. The summed E-state index contributed by atoms with van der Waals surface area (Å²) in [5.74, 6) is -4.54. The number of Topliss-reactive ketones (excluding diaryl/α,β-unsaturated/α-hetero) is 2. The van der Waals surface area contributed by atoms with Crippen molar-refractivity contribution in [1.82, 2.24) is 23.8 Å². The van der Waals surface area contributed by atoms with E-state index in [1.807, 2.05) is 10.6 Å². The number of rotatable bonds is 2.